The molecule has 0 spiro atoms. The summed E-state index contributed by atoms with van der Waals surface area (Å²) in [5.41, 5.74) is 0.624. The number of carbonyl (C=O) groups excluding carboxylic acids is 1. The summed E-state index contributed by atoms with van der Waals surface area (Å²) in [7, 11) is 0. The Morgan fingerprint density at radius 2 is 2.08 bits per heavy atom. The van der Waals surface area contributed by atoms with Gasteiger partial charge in [-0.25, -0.2) is 4.79 Å². The first-order valence-electron chi connectivity index (χ1n) is 7.77. The van der Waals surface area contributed by atoms with E-state index in [4.69, 9.17) is 25.8 Å². The predicted octanol–water partition coefficient (Wildman–Crippen LogP) is 4.14. The van der Waals surface area contributed by atoms with Crippen LogP contribution in [-0.2, 0) is 14.3 Å². The number of halogens is 1. The minimum absolute atomic E-state index is 0.164. The van der Waals surface area contributed by atoms with Gasteiger partial charge in [0, 0.05) is 11.6 Å². The summed E-state index contributed by atoms with van der Waals surface area (Å²) in [6.45, 7) is 2.69. The maximum atomic E-state index is 11.7. The Bertz CT molecular complexity index is 702. The zero-order chi connectivity index (χ0) is 17.2. The van der Waals surface area contributed by atoms with Gasteiger partial charge in [-0.05, 0) is 44.0 Å². The molecule has 6 heteroatoms. The lowest BCUT2D eigenvalue weighted by atomic mass is 10.2. The number of allylic oxidation sites excluding steroid dienone is 1. The molecule has 2 aromatic rings. The Morgan fingerprint density at radius 1 is 1.25 bits per heavy atom. The number of nitrogens with zero attached hydrogens (tertiary/aromatic N) is 1. The molecule has 0 saturated heterocycles. The third-order valence-corrected chi connectivity index (χ3v) is 3.51. The monoisotopic (exact) mass is 349 g/mol. The number of aromatic nitrogens is 1. The molecule has 5 nitrogen and oxygen atoms in total. The number of hydrogen-bond donors (Lipinski definition) is 0. The van der Waals surface area contributed by atoms with Crippen molar-refractivity contribution in [2.75, 3.05) is 19.8 Å². The highest BCUT2D eigenvalue weighted by molar-refractivity contribution is 6.35. The first kappa shape index (κ1) is 18.1. The summed E-state index contributed by atoms with van der Waals surface area (Å²) in [5.74, 6) is 0.0927. The van der Waals surface area contributed by atoms with Gasteiger partial charge in [0.1, 0.15) is 11.3 Å². The van der Waals surface area contributed by atoms with E-state index in [9.17, 15) is 4.79 Å². The van der Waals surface area contributed by atoms with Crippen LogP contribution in [0.3, 0.4) is 0 Å². The van der Waals surface area contributed by atoms with E-state index in [0.717, 1.165) is 18.2 Å². The minimum Gasteiger partial charge on any atom is -0.502 e. The van der Waals surface area contributed by atoms with E-state index in [-0.39, 0.29) is 6.61 Å². The largest absolute Gasteiger partial charge is 0.502 e. The molecule has 0 radical (unpaired) electrons. The standard InChI is InChI=1S/C18H20ClNO4/c1-2-10-22-11-3-4-12-23-17(21)13-24-16-8-7-15(19)14-6-5-9-20-18(14)16/h2,5-10H,3-4,11-13H2,1H3. The van der Waals surface area contributed by atoms with Gasteiger partial charge in [-0.15, -0.1) is 0 Å². The Balaban J connectivity index is 1.75. The van der Waals surface area contributed by atoms with Gasteiger partial charge in [-0.3, -0.25) is 4.98 Å². The zero-order valence-corrected chi connectivity index (χ0v) is 14.3. The Morgan fingerprint density at radius 3 is 2.92 bits per heavy atom. The normalized spacial score (nSPS) is 10.9. The van der Waals surface area contributed by atoms with Crippen molar-refractivity contribution in [3.63, 3.8) is 0 Å². The van der Waals surface area contributed by atoms with Gasteiger partial charge in [-0.2, -0.15) is 0 Å². The van der Waals surface area contributed by atoms with Gasteiger partial charge < -0.3 is 14.2 Å². The van der Waals surface area contributed by atoms with Crippen LogP contribution in [0.1, 0.15) is 19.8 Å². The molecule has 0 amide bonds. The molecule has 2 rings (SSSR count). The molecular weight excluding hydrogens is 330 g/mol. The lowest BCUT2D eigenvalue weighted by molar-refractivity contribution is -0.146. The average Bonchev–Trinajstić information content (AvgIpc) is 2.60. The van der Waals surface area contributed by atoms with Gasteiger partial charge in [0.05, 0.1) is 24.5 Å². The molecule has 0 saturated carbocycles. The zero-order valence-electron chi connectivity index (χ0n) is 13.5. The molecule has 0 bridgehead atoms. The van der Waals surface area contributed by atoms with Crippen molar-refractivity contribution in [3.05, 3.63) is 47.8 Å². The smallest absolute Gasteiger partial charge is 0.344 e. The maximum Gasteiger partial charge on any atom is 0.344 e. The Hall–Kier alpha value is -2.27. The molecule has 1 heterocycles. The Kier molecular flexibility index (Phi) is 7.36. The summed E-state index contributed by atoms with van der Waals surface area (Å²) in [6.07, 6.45) is 6.69. The number of fused-ring (bicyclic) bond motifs is 1. The molecule has 0 atom stereocenters. The fraction of sp³-hybridized carbons (Fsp3) is 0.333. The van der Waals surface area contributed by atoms with Crippen molar-refractivity contribution in [2.24, 2.45) is 0 Å². The summed E-state index contributed by atoms with van der Waals surface area (Å²) in [4.78, 5) is 16.0. The van der Waals surface area contributed by atoms with Crippen LogP contribution in [0.5, 0.6) is 5.75 Å². The molecule has 1 aromatic carbocycles. The van der Waals surface area contributed by atoms with Crippen LogP contribution in [0, 0.1) is 0 Å². The fourth-order valence-electron chi connectivity index (χ4n) is 2.04. The number of unbranched alkanes of at least 4 members (excludes halogenated alkanes) is 1. The molecule has 0 aliphatic rings. The molecule has 0 aliphatic carbocycles. The van der Waals surface area contributed by atoms with Gasteiger partial charge in [0.15, 0.2) is 6.61 Å². The molecule has 24 heavy (non-hydrogen) atoms. The summed E-state index contributed by atoms with van der Waals surface area (Å²) in [5, 5.41) is 1.37. The van der Waals surface area contributed by atoms with Crippen LogP contribution < -0.4 is 4.74 Å². The molecule has 0 aliphatic heterocycles. The molecule has 128 valence electrons. The van der Waals surface area contributed by atoms with E-state index in [2.05, 4.69) is 4.98 Å². The van der Waals surface area contributed by atoms with Gasteiger partial charge in [0.25, 0.3) is 0 Å². The van der Waals surface area contributed by atoms with E-state index in [0.29, 0.717) is 29.5 Å². The number of hydrogen-bond acceptors (Lipinski definition) is 5. The van der Waals surface area contributed by atoms with Crippen molar-refractivity contribution < 1.29 is 19.0 Å². The van der Waals surface area contributed by atoms with E-state index >= 15 is 0 Å². The molecular formula is C18H20ClNO4. The third-order valence-electron chi connectivity index (χ3n) is 3.18. The van der Waals surface area contributed by atoms with Crippen molar-refractivity contribution in [1.29, 1.82) is 0 Å². The van der Waals surface area contributed by atoms with Gasteiger partial charge in [-0.1, -0.05) is 17.7 Å². The summed E-state index contributed by atoms with van der Waals surface area (Å²) < 4.78 is 15.8. The van der Waals surface area contributed by atoms with Crippen molar-refractivity contribution in [2.45, 2.75) is 19.8 Å². The lowest BCUT2D eigenvalue weighted by Gasteiger charge is -2.09. The van der Waals surface area contributed by atoms with E-state index in [1.54, 1.807) is 30.7 Å². The van der Waals surface area contributed by atoms with Gasteiger partial charge in [0.2, 0.25) is 0 Å². The number of pyridine rings is 1. The van der Waals surface area contributed by atoms with E-state index < -0.39 is 5.97 Å². The number of rotatable bonds is 9. The number of benzene rings is 1. The van der Waals surface area contributed by atoms with Gasteiger partial charge >= 0.3 is 5.97 Å². The van der Waals surface area contributed by atoms with Crippen LogP contribution in [0.25, 0.3) is 10.9 Å². The molecule has 0 fully saturated rings. The fourth-order valence-corrected chi connectivity index (χ4v) is 2.26. The molecule has 0 unspecified atom stereocenters. The molecule has 0 N–H and O–H groups in total. The van der Waals surface area contributed by atoms with Crippen molar-refractivity contribution in [1.82, 2.24) is 4.98 Å². The lowest BCUT2D eigenvalue weighted by Crippen LogP contribution is -2.16. The second-order valence-corrected chi connectivity index (χ2v) is 5.41. The van der Waals surface area contributed by atoms with Crippen molar-refractivity contribution in [3.8, 4) is 5.75 Å². The second-order valence-electron chi connectivity index (χ2n) is 5.00. The second kappa shape index (κ2) is 9.78. The summed E-state index contributed by atoms with van der Waals surface area (Å²) >= 11 is 6.12. The number of esters is 1. The predicted molar refractivity (Wildman–Crippen MR) is 93.2 cm³/mol. The first-order valence-corrected chi connectivity index (χ1v) is 8.14. The van der Waals surface area contributed by atoms with Crippen molar-refractivity contribution >= 4 is 28.5 Å². The number of ether oxygens (including phenoxy) is 3. The van der Waals surface area contributed by atoms with Crippen LogP contribution in [0.15, 0.2) is 42.8 Å². The SMILES string of the molecule is CC=COCCCCOC(=O)COc1ccc(Cl)c2cccnc12. The van der Waals surface area contributed by atoms with Crippen LogP contribution >= 0.6 is 11.6 Å². The average molecular weight is 350 g/mol. The molecule has 1 aromatic heterocycles. The quantitative estimate of drug-likeness (QED) is 0.387. The van der Waals surface area contributed by atoms with Crippen LogP contribution in [0.2, 0.25) is 5.02 Å². The number of carbonyl (C=O) groups is 1. The van der Waals surface area contributed by atoms with E-state index in [1.807, 2.05) is 19.1 Å². The summed E-state index contributed by atoms with van der Waals surface area (Å²) in [6, 6.07) is 7.07. The topological polar surface area (TPSA) is 57.7 Å². The minimum atomic E-state index is -0.414. The highest BCUT2D eigenvalue weighted by Gasteiger charge is 2.09. The van der Waals surface area contributed by atoms with Crippen LogP contribution in [-0.4, -0.2) is 30.8 Å². The Labute approximate surface area is 146 Å². The first-order chi connectivity index (χ1) is 11.7. The maximum absolute atomic E-state index is 11.7. The highest BCUT2D eigenvalue weighted by atomic mass is 35.5. The highest BCUT2D eigenvalue weighted by Crippen LogP contribution is 2.29. The van der Waals surface area contributed by atoms with Crippen LogP contribution in [0.4, 0.5) is 0 Å². The third kappa shape index (κ3) is 5.42. The van der Waals surface area contributed by atoms with E-state index in [1.165, 1.54) is 0 Å².